The maximum Gasteiger partial charge on any atom is 0.251 e. The zero-order valence-electron chi connectivity index (χ0n) is 17.6. The highest BCUT2D eigenvalue weighted by Gasteiger charge is 2.28. The molecule has 1 aliphatic heterocycles. The molecule has 0 aromatic heterocycles. The number of aryl methyl sites for hydroxylation is 2. The van der Waals surface area contributed by atoms with Crippen molar-refractivity contribution < 1.29 is 13.2 Å². The summed E-state index contributed by atoms with van der Waals surface area (Å²) in [6.45, 7) is 2.90. The number of sulfonamides is 1. The fourth-order valence-electron chi connectivity index (χ4n) is 4.59. The van der Waals surface area contributed by atoms with E-state index in [0.29, 0.717) is 24.2 Å². The van der Waals surface area contributed by atoms with Crippen molar-refractivity contribution in [1.29, 1.82) is 0 Å². The van der Waals surface area contributed by atoms with Gasteiger partial charge in [-0.25, -0.2) is 8.42 Å². The lowest BCUT2D eigenvalue weighted by molar-refractivity contribution is 0.0932. The highest BCUT2D eigenvalue weighted by Crippen LogP contribution is 2.30. The van der Waals surface area contributed by atoms with Crippen molar-refractivity contribution in [3.63, 3.8) is 0 Å². The van der Waals surface area contributed by atoms with Crippen LogP contribution in [-0.4, -0.2) is 31.7 Å². The van der Waals surface area contributed by atoms with Crippen molar-refractivity contribution in [2.24, 2.45) is 0 Å². The van der Waals surface area contributed by atoms with Crippen LogP contribution < -0.4 is 5.32 Å². The van der Waals surface area contributed by atoms with Gasteiger partial charge in [0.05, 0.1) is 10.9 Å². The Kier molecular flexibility index (Phi) is 6.25. The maximum absolute atomic E-state index is 13.3. The van der Waals surface area contributed by atoms with E-state index in [1.807, 2.05) is 12.1 Å². The van der Waals surface area contributed by atoms with E-state index in [1.54, 1.807) is 29.4 Å². The van der Waals surface area contributed by atoms with E-state index in [9.17, 15) is 13.2 Å². The highest BCUT2D eigenvalue weighted by molar-refractivity contribution is 7.89. The van der Waals surface area contributed by atoms with E-state index in [4.69, 9.17) is 0 Å². The number of carbonyl (C=O) groups is 1. The molecule has 30 heavy (non-hydrogen) atoms. The Morgan fingerprint density at radius 2 is 1.73 bits per heavy atom. The molecule has 1 aliphatic carbocycles. The maximum atomic E-state index is 13.3. The molecule has 2 aliphatic rings. The van der Waals surface area contributed by atoms with E-state index < -0.39 is 10.0 Å². The fourth-order valence-corrected chi connectivity index (χ4v) is 6.35. The largest absolute Gasteiger partial charge is 0.345 e. The van der Waals surface area contributed by atoms with Gasteiger partial charge in [-0.1, -0.05) is 43.2 Å². The summed E-state index contributed by atoms with van der Waals surface area (Å²) in [5.74, 6) is -0.219. The third-order valence-corrected chi connectivity index (χ3v) is 8.35. The molecular formula is C24H30N2O3S. The third kappa shape index (κ3) is 4.30. The summed E-state index contributed by atoms with van der Waals surface area (Å²) in [5.41, 5.74) is 3.53. The van der Waals surface area contributed by atoms with Gasteiger partial charge >= 0.3 is 0 Å². The first-order valence-corrected chi connectivity index (χ1v) is 12.4. The Hall–Kier alpha value is -2.18. The molecule has 1 atom stereocenters. The molecule has 2 aromatic carbocycles. The summed E-state index contributed by atoms with van der Waals surface area (Å²) in [4.78, 5) is 13.3. The molecule has 1 saturated heterocycles. The van der Waals surface area contributed by atoms with Crippen LogP contribution >= 0.6 is 0 Å². The minimum absolute atomic E-state index is 0.0329. The van der Waals surface area contributed by atoms with E-state index in [0.717, 1.165) is 44.9 Å². The average Bonchev–Trinajstić information content (AvgIpc) is 3.04. The molecule has 4 rings (SSSR count). The van der Waals surface area contributed by atoms with Crippen molar-refractivity contribution in [2.45, 2.75) is 62.8 Å². The van der Waals surface area contributed by atoms with Crippen LogP contribution in [0, 0.1) is 6.92 Å². The number of hydrogen-bond acceptors (Lipinski definition) is 3. The Morgan fingerprint density at radius 1 is 1.00 bits per heavy atom. The van der Waals surface area contributed by atoms with Crippen LogP contribution in [0.5, 0.6) is 0 Å². The van der Waals surface area contributed by atoms with Gasteiger partial charge in [0.2, 0.25) is 10.0 Å². The van der Waals surface area contributed by atoms with Crippen LogP contribution in [0.15, 0.2) is 47.4 Å². The first-order valence-electron chi connectivity index (χ1n) is 11.0. The van der Waals surface area contributed by atoms with E-state index in [2.05, 4.69) is 17.4 Å². The zero-order valence-corrected chi connectivity index (χ0v) is 18.4. The van der Waals surface area contributed by atoms with E-state index in [-0.39, 0.29) is 16.8 Å². The number of fused-ring (bicyclic) bond motifs is 1. The SMILES string of the molecule is Cc1ccc(C(=O)N[C@H]2CCCc3ccccc32)cc1S(=O)(=O)N1CCCCCC1. The van der Waals surface area contributed by atoms with Crippen molar-refractivity contribution in [3.8, 4) is 0 Å². The van der Waals surface area contributed by atoms with Gasteiger partial charge in [0, 0.05) is 18.7 Å². The Morgan fingerprint density at radius 3 is 2.50 bits per heavy atom. The third-order valence-electron chi connectivity index (χ3n) is 6.31. The van der Waals surface area contributed by atoms with Crippen LogP contribution in [0.2, 0.25) is 0 Å². The molecule has 0 saturated carbocycles. The Bertz CT molecular complexity index is 1020. The lowest BCUT2D eigenvalue weighted by atomic mass is 9.87. The van der Waals surface area contributed by atoms with Crippen LogP contribution in [0.3, 0.4) is 0 Å². The summed E-state index contributed by atoms with van der Waals surface area (Å²) < 4.78 is 28.2. The molecule has 6 heteroatoms. The Labute approximate surface area is 179 Å². The molecule has 1 N–H and O–H groups in total. The molecule has 0 unspecified atom stereocenters. The average molecular weight is 427 g/mol. The molecule has 0 spiro atoms. The number of amides is 1. The number of carbonyl (C=O) groups excluding carboxylic acids is 1. The second-order valence-electron chi connectivity index (χ2n) is 8.42. The van der Waals surface area contributed by atoms with Crippen molar-refractivity contribution in [3.05, 3.63) is 64.7 Å². The van der Waals surface area contributed by atoms with Gasteiger partial charge in [-0.05, 0) is 67.9 Å². The molecular weight excluding hydrogens is 396 g/mol. The lowest BCUT2D eigenvalue weighted by Gasteiger charge is -2.26. The molecule has 1 heterocycles. The number of benzene rings is 2. The van der Waals surface area contributed by atoms with Crippen molar-refractivity contribution in [2.75, 3.05) is 13.1 Å². The summed E-state index contributed by atoms with van der Waals surface area (Å²) in [7, 11) is -3.60. The summed E-state index contributed by atoms with van der Waals surface area (Å²) in [6, 6.07) is 13.2. The summed E-state index contributed by atoms with van der Waals surface area (Å²) >= 11 is 0. The lowest BCUT2D eigenvalue weighted by Crippen LogP contribution is -2.33. The predicted molar refractivity (Wildman–Crippen MR) is 118 cm³/mol. The number of rotatable bonds is 4. The molecule has 1 fully saturated rings. The van der Waals surface area contributed by atoms with Crippen molar-refractivity contribution >= 4 is 15.9 Å². The first-order chi connectivity index (χ1) is 14.5. The molecule has 160 valence electrons. The summed E-state index contributed by atoms with van der Waals surface area (Å²) in [5, 5.41) is 3.13. The molecule has 2 aromatic rings. The van der Waals surface area contributed by atoms with Gasteiger partial charge in [-0.15, -0.1) is 0 Å². The second kappa shape index (κ2) is 8.90. The van der Waals surface area contributed by atoms with Gasteiger partial charge < -0.3 is 5.32 Å². The highest BCUT2D eigenvalue weighted by atomic mass is 32.2. The van der Waals surface area contributed by atoms with E-state index in [1.165, 1.54) is 11.1 Å². The standard InChI is InChI=1S/C24H30N2O3S/c1-18-13-14-20(17-23(18)30(28,29)26-15-6-2-3-7-16-26)24(27)25-22-12-8-10-19-9-4-5-11-21(19)22/h4-5,9,11,13-14,17,22H,2-3,6-8,10,12,15-16H2,1H3,(H,25,27)/t22-/m0/s1. The smallest absolute Gasteiger partial charge is 0.251 e. The predicted octanol–water partition coefficient (Wildman–Crippen LogP) is 4.37. The van der Waals surface area contributed by atoms with Gasteiger partial charge in [0.25, 0.3) is 5.91 Å². The minimum Gasteiger partial charge on any atom is -0.345 e. The second-order valence-corrected chi connectivity index (χ2v) is 10.3. The number of nitrogens with zero attached hydrogens (tertiary/aromatic N) is 1. The van der Waals surface area contributed by atoms with Crippen molar-refractivity contribution in [1.82, 2.24) is 9.62 Å². The van der Waals surface area contributed by atoms with Crippen LogP contribution in [0.25, 0.3) is 0 Å². The van der Waals surface area contributed by atoms with Crippen LogP contribution in [0.4, 0.5) is 0 Å². The van der Waals surface area contributed by atoms with Crippen LogP contribution in [0.1, 0.15) is 71.6 Å². The normalized spacial score (nSPS) is 20.2. The zero-order chi connectivity index (χ0) is 21.1. The Balaban J connectivity index is 1.58. The number of hydrogen-bond donors (Lipinski definition) is 1. The van der Waals surface area contributed by atoms with E-state index >= 15 is 0 Å². The quantitative estimate of drug-likeness (QED) is 0.790. The van der Waals surface area contributed by atoms with Gasteiger partial charge in [0.1, 0.15) is 0 Å². The minimum atomic E-state index is -3.60. The molecule has 5 nitrogen and oxygen atoms in total. The van der Waals surface area contributed by atoms with Crippen LogP contribution in [-0.2, 0) is 16.4 Å². The monoisotopic (exact) mass is 426 g/mol. The molecule has 0 radical (unpaired) electrons. The number of nitrogens with one attached hydrogen (secondary N) is 1. The first kappa shape index (κ1) is 21.1. The fraction of sp³-hybridized carbons (Fsp3) is 0.458. The molecule has 0 bridgehead atoms. The topological polar surface area (TPSA) is 66.5 Å². The van der Waals surface area contributed by atoms with Gasteiger partial charge in [-0.3, -0.25) is 4.79 Å². The summed E-state index contributed by atoms with van der Waals surface area (Å²) in [6.07, 6.45) is 6.87. The van der Waals surface area contributed by atoms with Gasteiger partial charge in [0.15, 0.2) is 0 Å². The van der Waals surface area contributed by atoms with Gasteiger partial charge in [-0.2, -0.15) is 4.31 Å². The molecule has 1 amide bonds.